The molecule has 2 heterocycles. The van der Waals surface area contributed by atoms with Gasteiger partial charge in [-0.05, 0) is 28.7 Å². The van der Waals surface area contributed by atoms with Crippen molar-refractivity contribution in [2.45, 2.75) is 6.10 Å². The average molecular weight is 315 g/mol. The Hall–Kier alpha value is -1.46. The van der Waals surface area contributed by atoms with Crippen molar-refractivity contribution in [3.8, 4) is 0 Å². The Kier molecular flexibility index (Phi) is 5.40. The van der Waals surface area contributed by atoms with E-state index >= 15 is 0 Å². The van der Waals surface area contributed by atoms with Gasteiger partial charge in [0.25, 0.3) is 0 Å². The number of thiophene rings is 1. The fraction of sp³-hybridized carbons (Fsp3) is 0.333. The molecule has 1 unspecified atom stereocenters. The highest BCUT2D eigenvalue weighted by atomic mass is 32.1. The molecule has 1 N–H and O–H groups in total. The summed E-state index contributed by atoms with van der Waals surface area (Å²) in [5.74, 6) is 0. The van der Waals surface area contributed by atoms with Crippen LogP contribution in [0.4, 0.5) is 0 Å². The predicted molar refractivity (Wildman–Crippen MR) is 91.1 cm³/mol. The molecule has 1 aromatic carbocycles. The maximum Gasteiger partial charge on any atom is 0.0857 e. The molecule has 0 radical (unpaired) electrons. The fourth-order valence-electron chi connectivity index (χ4n) is 2.66. The molecule has 3 nitrogen and oxygen atoms in total. The normalized spacial score (nSPS) is 18.3. The van der Waals surface area contributed by atoms with E-state index < -0.39 is 6.10 Å². The van der Waals surface area contributed by atoms with E-state index in [0.29, 0.717) is 6.54 Å². The molecule has 3 rings (SSSR count). The smallest absolute Gasteiger partial charge is 0.0857 e. The lowest BCUT2D eigenvalue weighted by Crippen LogP contribution is -2.40. The second-order valence-corrected chi connectivity index (χ2v) is 6.35. The first-order valence-electron chi connectivity index (χ1n) is 7.62. The van der Waals surface area contributed by atoms with E-state index in [2.05, 4.69) is 28.5 Å². The summed E-state index contributed by atoms with van der Waals surface area (Å²) in [4.78, 5) is 3.44. The summed E-state index contributed by atoms with van der Waals surface area (Å²) in [5, 5.41) is 12.5. The van der Waals surface area contributed by atoms with Crippen molar-refractivity contribution in [3.63, 3.8) is 0 Å². The molecule has 116 valence electrons. The molecule has 1 aromatic heterocycles. The lowest BCUT2D eigenvalue weighted by molar-refractivity contribution is 0.0223. The van der Waals surface area contributed by atoms with Gasteiger partial charge in [0.1, 0.15) is 0 Å². The third-order valence-electron chi connectivity index (χ3n) is 3.78. The molecular formula is C18H21NO2S. The largest absolute Gasteiger partial charge is 0.388 e. The van der Waals surface area contributed by atoms with Crippen LogP contribution in [0.3, 0.4) is 0 Å². The highest BCUT2D eigenvalue weighted by Gasteiger charge is 2.15. The second-order valence-electron chi connectivity index (χ2n) is 5.40. The van der Waals surface area contributed by atoms with E-state index in [-0.39, 0.29) is 0 Å². The molecule has 0 bridgehead atoms. The van der Waals surface area contributed by atoms with Crippen LogP contribution in [0.2, 0.25) is 0 Å². The van der Waals surface area contributed by atoms with Crippen molar-refractivity contribution in [3.05, 3.63) is 64.4 Å². The molecule has 1 atom stereocenters. The van der Waals surface area contributed by atoms with Crippen LogP contribution in [-0.4, -0.2) is 49.0 Å². The van der Waals surface area contributed by atoms with E-state index in [1.54, 1.807) is 11.3 Å². The summed E-state index contributed by atoms with van der Waals surface area (Å²) in [5.41, 5.74) is 2.25. The molecule has 0 aliphatic carbocycles. The number of ether oxygens (including phenoxy) is 1. The van der Waals surface area contributed by atoms with Gasteiger partial charge in [-0.25, -0.2) is 0 Å². The third kappa shape index (κ3) is 4.05. The molecule has 4 heteroatoms. The lowest BCUT2D eigenvalue weighted by atomic mass is 10.0. The van der Waals surface area contributed by atoms with Gasteiger partial charge in [0, 0.05) is 24.5 Å². The SMILES string of the molecule is OC(/C=C(/c1ccccc1)c1cccs1)CN1CCOCC1. The zero-order valence-electron chi connectivity index (χ0n) is 12.5. The van der Waals surface area contributed by atoms with E-state index in [4.69, 9.17) is 4.74 Å². The van der Waals surface area contributed by atoms with Crippen molar-refractivity contribution < 1.29 is 9.84 Å². The van der Waals surface area contributed by atoms with Crippen LogP contribution in [0.15, 0.2) is 53.9 Å². The monoisotopic (exact) mass is 315 g/mol. The van der Waals surface area contributed by atoms with Gasteiger partial charge in [0.05, 0.1) is 19.3 Å². The number of aliphatic hydroxyl groups excluding tert-OH is 1. The van der Waals surface area contributed by atoms with Gasteiger partial charge in [0.2, 0.25) is 0 Å². The number of hydrogen-bond donors (Lipinski definition) is 1. The van der Waals surface area contributed by atoms with E-state index in [1.165, 1.54) is 4.88 Å². The highest BCUT2D eigenvalue weighted by Crippen LogP contribution is 2.27. The summed E-state index contributed by atoms with van der Waals surface area (Å²) >= 11 is 1.70. The van der Waals surface area contributed by atoms with Crippen LogP contribution >= 0.6 is 11.3 Å². The standard InChI is InChI=1S/C18H21NO2S/c20-16(14-19-8-10-21-11-9-19)13-17(18-7-4-12-22-18)15-5-2-1-3-6-15/h1-7,12-13,16,20H,8-11,14H2/b17-13-. The second kappa shape index (κ2) is 7.70. The van der Waals surface area contributed by atoms with E-state index in [0.717, 1.165) is 37.4 Å². The maximum absolute atomic E-state index is 10.5. The Morgan fingerprint density at radius 3 is 2.64 bits per heavy atom. The molecule has 0 saturated carbocycles. The van der Waals surface area contributed by atoms with Gasteiger partial charge >= 0.3 is 0 Å². The minimum absolute atomic E-state index is 0.476. The van der Waals surface area contributed by atoms with Gasteiger partial charge in [-0.1, -0.05) is 36.4 Å². The van der Waals surface area contributed by atoms with Gasteiger partial charge in [0.15, 0.2) is 0 Å². The topological polar surface area (TPSA) is 32.7 Å². The summed E-state index contributed by atoms with van der Waals surface area (Å²) < 4.78 is 5.35. The van der Waals surface area contributed by atoms with Crippen molar-refractivity contribution in [2.24, 2.45) is 0 Å². The quantitative estimate of drug-likeness (QED) is 0.921. The number of nitrogens with zero attached hydrogens (tertiary/aromatic N) is 1. The number of aliphatic hydroxyl groups is 1. The number of benzene rings is 1. The Labute approximate surface area is 135 Å². The van der Waals surface area contributed by atoms with Crippen molar-refractivity contribution in [1.29, 1.82) is 0 Å². The van der Waals surface area contributed by atoms with Crippen LogP contribution in [0.1, 0.15) is 10.4 Å². The number of hydrogen-bond acceptors (Lipinski definition) is 4. The predicted octanol–water partition coefficient (Wildman–Crippen LogP) is 2.87. The Morgan fingerprint density at radius 1 is 1.18 bits per heavy atom. The first kappa shape index (κ1) is 15.4. The van der Waals surface area contributed by atoms with Gasteiger partial charge in [-0.3, -0.25) is 4.90 Å². The van der Waals surface area contributed by atoms with Gasteiger partial charge < -0.3 is 9.84 Å². The molecule has 0 amide bonds. The van der Waals surface area contributed by atoms with Crippen molar-refractivity contribution in [2.75, 3.05) is 32.8 Å². The molecule has 2 aromatic rings. The number of morpholine rings is 1. The minimum atomic E-state index is -0.476. The Morgan fingerprint density at radius 2 is 1.95 bits per heavy atom. The van der Waals surface area contributed by atoms with Gasteiger partial charge in [-0.15, -0.1) is 11.3 Å². The summed E-state index contributed by atoms with van der Waals surface area (Å²) in [6, 6.07) is 14.4. The van der Waals surface area contributed by atoms with E-state index in [9.17, 15) is 5.11 Å². The Balaban J connectivity index is 1.79. The molecule has 1 aliphatic heterocycles. The minimum Gasteiger partial charge on any atom is -0.388 e. The van der Waals surface area contributed by atoms with Crippen LogP contribution in [0.25, 0.3) is 5.57 Å². The zero-order chi connectivity index (χ0) is 15.2. The maximum atomic E-state index is 10.5. The average Bonchev–Trinajstić information content (AvgIpc) is 3.08. The molecular weight excluding hydrogens is 294 g/mol. The summed E-state index contributed by atoms with van der Waals surface area (Å²) in [6.07, 6.45) is 1.51. The van der Waals surface area contributed by atoms with Crippen molar-refractivity contribution in [1.82, 2.24) is 4.90 Å². The van der Waals surface area contributed by atoms with Crippen LogP contribution < -0.4 is 0 Å². The van der Waals surface area contributed by atoms with Crippen molar-refractivity contribution >= 4 is 16.9 Å². The fourth-order valence-corrected chi connectivity index (χ4v) is 3.44. The molecule has 22 heavy (non-hydrogen) atoms. The Bertz CT molecular complexity index is 589. The first-order valence-corrected chi connectivity index (χ1v) is 8.50. The molecule has 1 saturated heterocycles. The molecule has 1 aliphatic rings. The number of β-amino-alcohol motifs (C(OH)–C–C–N with tert-alkyl or cyclic N) is 1. The molecule has 1 fully saturated rings. The summed E-state index contributed by atoms with van der Waals surface area (Å²) in [6.45, 7) is 3.96. The van der Waals surface area contributed by atoms with Crippen LogP contribution in [-0.2, 0) is 4.74 Å². The van der Waals surface area contributed by atoms with Crippen LogP contribution in [0, 0.1) is 0 Å². The third-order valence-corrected chi connectivity index (χ3v) is 4.68. The van der Waals surface area contributed by atoms with Crippen LogP contribution in [0.5, 0.6) is 0 Å². The van der Waals surface area contributed by atoms with Gasteiger partial charge in [-0.2, -0.15) is 0 Å². The summed E-state index contributed by atoms with van der Waals surface area (Å²) in [7, 11) is 0. The number of rotatable bonds is 5. The highest BCUT2D eigenvalue weighted by molar-refractivity contribution is 7.11. The van der Waals surface area contributed by atoms with E-state index in [1.807, 2.05) is 30.3 Å². The first-order chi connectivity index (χ1) is 10.8. The lowest BCUT2D eigenvalue weighted by Gasteiger charge is -2.28. The zero-order valence-corrected chi connectivity index (χ0v) is 13.3. The molecule has 0 spiro atoms.